The van der Waals surface area contributed by atoms with Crippen LogP contribution in [-0.2, 0) is 41.6 Å². The topological polar surface area (TPSA) is 117 Å². The summed E-state index contributed by atoms with van der Waals surface area (Å²) in [5, 5.41) is 42.6. The summed E-state index contributed by atoms with van der Waals surface area (Å²) in [6.07, 6.45) is 0.961. The van der Waals surface area contributed by atoms with Crippen LogP contribution in [0.3, 0.4) is 0 Å². The van der Waals surface area contributed by atoms with E-state index in [1.165, 1.54) is 0 Å². The number of aryl methyl sites for hydroxylation is 2. The molecule has 5 aromatic rings. The van der Waals surface area contributed by atoms with Crippen molar-refractivity contribution in [1.82, 2.24) is 19.6 Å². The molecule has 0 spiro atoms. The number of fused-ring (bicyclic) bond motifs is 2. The largest absolute Gasteiger partial charge is 0.507 e. The maximum absolute atomic E-state index is 13.0. The molecule has 0 saturated heterocycles. The molecule has 6 rings (SSSR count). The van der Waals surface area contributed by atoms with Gasteiger partial charge in [-0.15, -0.1) is 23.5 Å². The fourth-order valence-electron chi connectivity index (χ4n) is 7.07. The van der Waals surface area contributed by atoms with Crippen LogP contribution in [-0.4, -0.2) is 60.5 Å². The van der Waals surface area contributed by atoms with Crippen molar-refractivity contribution in [3.8, 4) is 5.75 Å². The first-order valence-electron chi connectivity index (χ1n) is 15.3. The Labute approximate surface area is 277 Å². The zero-order valence-corrected chi connectivity index (χ0v) is 28.1. The first-order valence-corrected chi connectivity index (χ1v) is 17.4. The number of nitrogens with zero attached hydrogens (tertiary/aromatic N) is 5. The number of carboxylic acids is 1. The van der Waals surface area contributed by atoms with Gasteiger partial charge in [0, 0.05) is 77.9 Å². The van der Waals surface area contributed by atoms with Gasteiger partial charge in [0.05, 0.1) is 16.8 Å². The number of carbonyl (C=O) groups is 1. The number of likely N-dealkylation sites (N-methyl/N-ethyl adjacent to an activating group) is 1. The van der Waals surface area contributed by atoms with E-state index in [1.54, 1.807) is 23.5 Å². The molecule has 0 radical (unpaired) electrons. The molecule has 240 valence electrons. The number of aromatic hydroxyl groups is 1. The van der Waals surface area contributed by atoms with Gasteiger partial charge in [-0.1, -0.05) is 42.5 Å². The van der Waals surface area contributed by atoms with E-state index in [1.807, 2.05) is 96.9 Å². The molecule has 1 aliphatic rings. The number of aliphatic hydroxyl groups excluding tert-OH is 1. The molecule has 1 aliphatic heterocycles. The predicted octanol–water partition coefficient (Wildman–Crippen LogP) is 6.01. The second-order valence-corrected chi connectivity index (χ2v) is 13.9. The van der Waals surface area contributed by atoms with E-state index in [4.69, 9.17) is 10.2 Å². The molecule has 0 bridgehead atoms. The third-order valence-electron chi connectivity index (χ3n) is 9.15. The molecule has 0 saturated carbocycles. The zero-order valence-electron chi connectivity index (χ0n) is 26.5. The minimum absolute atomic E-state index is 0.0221. The molecule has 46 heavy (non-hydrogen) atoms. The van der Waals surface area contributed by atoms with Crippen molar-refractivity contribution < 1.29 is 20.1 Å². The third-order valence-corrected chi connectivity index (χ3v) is 11.1. The molecule has 9 nitrogen and oxygen atoms in total. The van der Waals surface area contributed by atoms with Gasteiger partial charge in [-0.05, 0) is 55.0 Å². The van der Waals surface area contributed by atoms with Crippen molar-refractivity contribution >= 4 is 46.0 Å². The predicted molar refractivity (Wildman–Crippen MR) is 185 cm³/mol. The fraction of sp³-hybridized carbons (Fsp3) is 0.343. The molecule has 0 fully saturated rings. The van der Waals surface area contributed by atoms with E-state index < -0.39 is 17.4 Å². The Balaban J connectivity index is 1.23. The number of aliphatic hydroxyl groups is 1. The van der Waals surface area contributed by atoms with Crippen LogP contribution < -0.4 is 4.90 Å². The van der Waals surface area contributed by atoms with Crippen LogP contribution in [0.1, 0.15) is 46.7 Å². The molecule has 3 aromatic carbocycles. The first kappa shape index (κ1) is 32.0. The number of rotatable bonds is 12. The van der Waals surface area contributed by atoms with Crippen LogP contribution in [0.4, 0.5) is 5.69 Å². The van der Waals surface area contributed by atoms with Crippen LogP contribution in [0.25, 0.3) is 10.8 Å². The normalized spacial score (nSPS) is 17.6. The lowest BCUT2D eigenvalue weighted by Crippen LogP contribution is -2.50. The molecule has 0 aliphatic carbocycles. The summed E-state index contributed by atoms with van der Waals surface area (Å²) in [5.74, 6) is 1.37. The highest BCUT2D eigenvalue weighted by molar-refractivity contribution is 7.98. The van der Waals surface area contributed by atoms with Gasteiger partial charge in [-0.25, -0.2) is 4.79 Å². The van der Waals surface area contributed by atoms with Crippen molar-refractivity contribution in [3.05, 3.63) is 101 Å². The minimum Gasteiger partial charge on any atom is -0.507 e. The zero-order chi connectivity index (χ0) is 32.6. The molecule has 3 heterocycles. The van der Waals surface area contributed by atoms with Crippen LogP contribution in [0.15, 0.2) is 71.6 Å². The van der Waals surface area contributed by atoms with Crippen molar-refractivity contribution in [2.45, 2.75) is 53.4 Å². The van der Waals surface area contributed by atoms with E-state index in [2.05, 4.69) is 12.1 Å². The van der Waals surface area contributed by atoms with Gasteiger partial charge in [0.2, 0.25) is 0 Å². The van der Waals surface area contributed by atoms with Gasteiger partial charge in [-0.3, -0.25) is 9.36 Å². The van der Waals surface area contributed by atoms with Crippen molar-refractivity contribution in [1.29, 1.82) is 0 Å². The molecule has 2 unspecified atom stereocenters. The Morgan fingerprint density at radius 1 is 0.957 bits per heavy atom. The smallest absolute Gasteiger partial charge is 0.327 e. The number of carboxylic acid groups (broad SMARTS) is 1. The summed E-state index contributed by atoms with van der Waals surface area (Å²) in [5.41, 5.74) is 5.78. The number of hydrogen-bond acceptors (Lipinski definition) is 8. The number of para-hydroxylation sites is 1. The van der Waals surface area contributed by atoms with E-state index in [9.17, 15) is 20.1 Å². The average Bonchev–Trinajstić information content (AvgIpc) is 3.63. The summed E-state index contributed by atoms with van der Waals surface area (Å²) >= 11 is 3.37. The number of phenols is 1. The van der Waals surface area contributed by atoms with Gasteiger partial charge in [-0.2, -0.15) is 10.2 Å². The highest BCUT2D eigenvalue weighted by atomic mass is 32.2. The van der Waals surface area contributed by atoms with E-state index in [-0.39, 0.29) is 12.4 Å². The number of anilines is 1. The van der Waals surface area contributed by atoms with Crippen LogP contribution in [0.5, 0.6) is 5.75 Å². The summed E-state index contributed by atoms with van der Waals surface area (Å²) in [7, 11) is 5.70. The number of aliphatic carboxylic acids is 1. The Kier molecular flexibility index (Phi) is 9.09. The van der Waals surface area contributed by atoms with Crippen LogP contribution in [0, 0.1) is 6.92 Å². The number of aromatic nitrogens is 4. The van der Waals surface area contributed by atoms with Gasteiger partial charge < -0.3 is 20.2 Å². The molecule has 11 heteroatoms. The summed E-state index contributed by atoms with van der Waals surface area (Å²) in [6, 6.07) is 20.9. The molecular weight excluding hydrogens is 619 g/mol. The van der Waals surface area contributed by atoms with E-state index >= 15 is 0 Å². The number of phenolic OH excluding ortho intramolecular Hbond substituents is 1. The molecule has 3 N–H and O–H groups in total. The van der Waals surface area contributed by atoms with E-state index in [0.29, 0.717) is 30.1 Å². The number of hydrogen-bond donors (Lipinski definition) is 3. The van der Waals surface area contributed by atoms with Crippen LogP contribution >= 0.6 is 23.5 Å². The summed E-state index contributed by atoms with van der Waals surface area (Å²) in [4.78, 5) is 15.8. The second kappa shape index (κ2) is 13.1. The lowest BCUT2D eigenvalue weighted by Gasteiger charge is -2.37. The quantitative estimate of drug-likeness (QED) is 0.139. The second-order valence-electron chi connectivity index (χ2n) is 11.9. The van der Waals surface area contributed by atoms with Crippen molar-refractivity contribution in [2.24, 2.45) is 14.1 Å². The minimum atomic E-state index is -0.892. The third kappa shape index (κ3) is 5.65. The molecule has 2 atom stereocenters. The highest BCUT2D eigenvalue weighted by Crippen LogP contribution is 2.53. The standard InChI is InChI=1S/C35H39N5O4S2/c1-22-32(35(14-9-15-41)28-12-7-8-13-30(28)38(2)33(35)34(43)44)29(37-39(22)3)21-45-19-24-17-25(40(4)36-24)20-46-26-16-23-10-5-6-11-27(23)31(42)18-26/h5-8,10-13,16-18,33,41-42H,9,14-15,19-21H2,1-4H3,(H,43,44). The molecule has 0 amide bonds. The Morgan fingerprint density at radius 2 is 1.72 bits per heavy atom. The number of thioether (sulfide) groups is 2. The van der Waals surface area contributed by atoms with Gasteiger partial charge in [0.25, 0.3) is 0 Å². The lowest BCUT2D eigenvalue weighted by molar-refractivity contribution is -0.139. The summed E-state index contributed by atoms with van der Waals surface area (Å²) in [6.45, 7) is 1.99. The summed E-state index contributed by atoms with van der Waals surface area (Å²) < 4.78 is 3.76. The molecule has 2 aromatic heterocycles. The van der Waals surface area contributed by atoms with Gasteiger partial charge >= 0.3 is 5.97 Å². The maximum atomic E-state index is 13.0. The Morgan fingerprint density at radius 3 is 2.50 bits per heavy atom. The SMILES string of the molecule is Cc1c(C2(CCCO)c3ccccc3N(C)C2C(=O)O)c(CSCc2cc(CSc3cc(O)c4ccccc4c3)n(C)n2)nn1C. The van der Waals surface area contributed by atoms with Crippen molar-refractivity contribution in [3.63, 3.8) is 0 Å². The number of benzene rings is 3. The Bertz CT molecular complexity index is 1900. The first-order chi connectivity index (χ1) is 22.1. The van der Waals surface area contributed by atoms with Gasteiger partial charge in [0.1, 0.15) is 11.8 Å². The van der Waals surface area contributed by atoms with Crippen LogP contribution in [0.2, 0.25) is 0 Å². The van der Waals surface area contributed by atoms with Gasteiger partial charge in [0.15, 0.2) is 0 Å². The average molecular weight is 658 g/mol. The maximum Gasteiger partial charge on any atom is 0.327 e. The highest BCUT2D eigenvalue weighted by Gasteiger charge is 2.56. The van der Waals surface area contributed by atoms with Crippen molar-refractivity contribution in [2.75, 3.05) is 18.6 Å². The Hall–Kier alpha value is -3.93. The lowest BCUT2D eigenvalue weighted by atomic mass is 9.67. The van der Waals surface area contributed by atoms with E-state index in [0.717, 1.165) is 55.3 Å². The fourth-order valence-corrected chi connectivity index (χ4v) is 8.91. The monoisotopic (exact) mass is 657 g/mol. The molecular formula is C35H39N5O4S2.